The number of aromatic hydroxyl groups is 1. The first-order valence-electron chi connectivity index (χ1n) is 7.75. The number of aromatic amines is 1. The minimum Gasteiger partial charge on any atom is -0.506 e. The average Bonchev–Trinajstić information content (AvgIpc) is 3.32. The smallest absolute Gasteiger partial charge is 0.273 e. The minimum atomic E-state index is -0.622. The molecule has 1 amide bonds. The van der Waals surface area contributed by atoms with Crippen molar-refractivity contribution in [3.63, 3.8) is 0 Å². The lowest BCUT2D eigenvalue weighted by atomic mass is 10.1. The number of phenolic OH excluding ortho intramolecular Hbond substituents is 1. The third kappa shape index (κ3) is 3.11. The number of phenols is 1. The first-order chi connectivity index (χ1) is 13.0. The van der Waals surface area contributed by atoms with Gasteiger partial charge in [0.25, 0.3) is 11.6 Å². The molecule has 3 aromatic rings. The molecule has 0 unspecified atom stereocenters. The number of nitro groups is 1. The van der Waals surface area contributed by atoms with E-state index in [0.717, 1.165) is 18.2 Å². The van der Waals surface area contributed by atoms with E-state index in [1.54, 1.807) is 18.2 Å². The van der Waals surface area contributed by atoms with Crippen LogP contribution >= 0.6 is 0 Å². The summed E-state index contributed by atoms with van der Waals surface area (Å²) in [5.74, 6) is 0.325. The Kier molecular flexibility index (Phi) is 3.84. The fourth-order valence-corrected chi connectivity index (χ4v) is 2.57. The number of nitrogens with one attached hydrogen (secondary N) is 2. The number of benzene rings is 2. The van der Waals surface area contributed by atoms with Crippen molar-refractivity contribution in [3.05, 3.63) is 58.3 Å². The van der Waals surface area contributed by atoms with Crippen LogP contribution in [0, 0.1) is 10.1 Å². The molecule has 0 saturated carbocycles. The van der Waals surface area contributed by atoms with Gasteiger partial charge in [-0.2, -0.15) is 5.10 Å². The lowest BCUT2D eigenvalue weighted by molar-refractivity contribution is -0.384. The zero-order valence-electron chi connectivity index (χ0n) is 13.6. The van der Waals surface area contributed by atoms with Crippen molar-refractivity contribution in [1.29, 1.82) is 0 Å². The Morgan fingerprint density at radius 2 is 2.00 bits per heavy atom. The number of anilines is 1. The van der Waals surface area contributed by atoms with Gasteiger partial charge in [0.15, 0.2) is 11.5 Å². The molecule has 1 aliphatic heterocycles. The number of nitro benzene ring substituents is 1. The summed E-state index contributed by atoms with van der Waals surface area (Å²) in [5, 5.41) is 29.7. The highest BCUT2D eigenvalue weighted by atomic mass is 16.7. The number of rotatable bonds is 4. The van der Waals surface area contributed by atoms with Gasteiger partial charge in [-0.3, -0.25) is 20.0 Å². The number of carbonyl (C=O) groups excluding carboxylic acids is 1. The van der Waals surface area contributed by atoms with Gasteiger partial charge in [-0.15, -0.1) is 0 Å². The summed E-state index contributed by atoms with van der Waals surface area (Å²) < 4.78 is 10.6. The maximum Gasteiger partial charge on any atom is 0.273 e. The number of aromatic nitrogens is 2. The standard InChI is InChI=1S/C17H12N4O6/c22-14-3-2-10(21(24)25)6-12(14)18-17(23)13-7-11(19-20-13)9-1-4-15-16(5-9)27-8-26-15/h1-7,22H,8H2,(H,18,23)(H,19,20). The van der Waals surface area contributed by atoms with Gasteiger partial charge in [0.2, 0.25) is 6.79 Å². The molecule has 10 nitrogen and oxygen atoms in total. The fraction of sp³-hybridized carbons (Fsp3) is 0.0588. The zero-order valence-corrected chi connectivity index (χ0v) is 13.6. The maximum atomic E-state index is 12.4. The van der Waals surface area contributed by atoms with Crippen LogP contribution in [0.1, 0.15) is 10.5 Å². The van der Waals surface area contributed by atoms with Crippen molar-refractivity contribution in [2.75, 3.05) is 12.1 Å². The summed E-state index contributed by atoms with van der Waals surface area (Å²) in [5.41, 5.74) is 1.00. The molecule has 2 heterocycles. The number of fused-ring (bicyclic) bond motifs is 1. The van der Waals surface area contributed by atoms with Gasteiger partial charge in [0, 0.05) is 17.7 Å². The normalized spacial score (nSPS) is 12.0. The van der Waals surface area contributed by atoms with Crippen LogP contribution in [0.2, 0.25) is 0 Å². The van der Waals surface area contributed by atoms with Crippen LogP contribution in [0.4, 0.5) is 11.4 Å². The number of nitrogens with zero attached hydrogens (tertiary/aromatic N) is 2. The monoisotopic (exact) mass is 368 g/mol. The average molecular weight is 368 g/mol. The van der Waals surface area contributed by atoms with Crippen LogP contribution in [-0.2, 0) is 0 Å². The van der Waals surface area contributed by atoms with Gasteiger partial charge >= 0.3 is 0 Å². The quantitative estimate of drug-likeness (QED) is 0.365. The Hall–Kier alpha value is -4.08. The lowest BCUT2D eigenvalue weighted by Gasteiger charge is -2.05. The molecular formula is C17H12N4O6. The summed E-state index contributed by atoms with van der Waals surface area (Å²) >= 11 is 0. The number of hydrogen-bond acceptors (Lipinski definition) is 7. The molecule has 4 rings (SSSR count). The molecule has 0 atom stereocenters. The highest BCUT2D eigenvalue weighted by Crippen LogP contribution is 2.35. The Morgan fingerprint density at radius 1 is 1.19 bits per heavy atom. The molecule has 3 N–H and O–H groups in total. The second kappa shape index (κ2) is 6.33. The fourth-order valence-electron chi connectivity index (χ4n) is 2.57. The topological polar surface area (TPSA) is 140 Å². The summed E-state index contributed by atoms with van der Waals surface area (Å²) in [6.45, 7) is 0.152. The molecule has 10 heteroatoms. The van der Waals surface area contributed by atoms with E-state index in [1.807, 2.05) is 0 Å². The first kappa shape index (κ1) is 16.4. The van der Waals surface area contributed by atoms with Crippen LogP contribution < -0.4 is 14.8 Å². The van der Waals surface area contributed by atoms with Crippen LogP contribution in [0.3, 0.4) is 0 Å². The van der Waals surface area contributed by atoms with E-state index in [9.17, 15) is 20.0 Å². The molecule has 2 aromatic carbocycles. The molecule has 0 bridgehead atoms. The summed E-state index contributed by atoms with van der Waals surface area (Å²) in [6.07, 6.45) is 0. The van der Waals surface area contributed by atoms with E-state index in [-0.39, 0.29) is 29.6 Å². The van der Waals surface area contributed by atoms with E-state index in [2.05, 4.69) is 15.5 Å². The van der Waals surface area contributed by atoms with Crippen molar-refractivity contribution in [2.24, 2.45) is 0 Å². The Labute approximate surface area is 151 Å². The predicted molar refractivity (Wildman–Crippen MR) is 92.9 cm³/mol. The number of non-ortho nitro benzene ring substituents is 1. The molecule has 0 saturated heterocycles. The van der Waals surface area contributed by atoms with Crippen LogP contribution in [-0.4, -0.2) is 32.9 Å². The molecule has 1 aliphatic rings. The molecular weight excluding hydrogens is 356 g/mol. The van der Waals surface area contributed by atoms with Crippen LogP contribution in [0.25, 0.3) is 11.3 Å². The second-order valence-corrected chi connectivity index (χ2v) is 5.65. The van der Waals surface area contributed by atoms with Gasteiger partial charge in [-0.1, -0.05) is 0 Å². The molecule has 0 radical (unpaired) electrons. The predicted octanol–water partition coefficient (Wildman–Crippen LogP) is 2.67. The van der Waals surface area contributed by atoms with Crippen molar-refractivity contribution >= 4 is 17.3 Å². The number of carbonyl (C=O) groups is 1. The largest absolute Gasteiger partial charge is 0.506 e. The van der Waals surface area contributed by atoms with Crippen LogP contribution in [0.5, 0.6) is 17.2 Å². The lowest BCUT2D eigenvalue weighted by Crippen LogP contribution is -2.12. The molecule has 0 aliphatic carbocycles. The van der Waals surface area contributed by atoms with Gasteiger partial charge in [0.1, 0.15) is 11.4 Å². The number of hydrogen-bond donors (Lipinski definition) is 3. The molecule has 1 aromatic heterocycles. The number of H-pyrrole nitrogens is 1. The SMILES string of the molecule is O=C(Nc1cc([N+](=O)[O-])ccc1O)c1cc(-c2ccc3c(c2)OCO3)n[nH]1. The number of ether oxygens (including phenoxy) is 2. The minimum absolute atomic E-state index is 0.0755. The zero-order chi connectivity index (χ0) is 19.0. The molecule has 136 valence electrons. The Balaban J connectivity index is 1.56. The molecule has 0 fully saturated rings. The van der Waals surface area contributed by atoms with Gasteiger partial charge < -0.3 is 19.9 Å². The molecule has 0 spiro atoms. The highest BCUT2D eigenvalue weighted by molar-refractivity contribution is 6.04. The van der Waals surface area contributed by atoms with E-state index in [4.69, 9.17) is 9.47 Å². The third-order valence-electron chi connectivity index (χ3n) is 3.93. The van der Waals surface area contributed by atoms with Gasteiger partial charge in [-0.25, -0.2) is 0 Å². The van der Waals surface area contributed by atoms with Crippen molar-refractivity contribution < 1.29 is 24.3 Å². The summed E-state index contributed by atoms with van der Waals surface area (Å²) in [7, 11) is 0. The van der Waals surface area contributed by atoms with Crippen molar-refractivity contribution in [1.82, 2.24) is 10.2 Å². The van der Waals surface area contributed by atoms with Crippen molar-refractivity contribution in [3.8, 4) is 28.5 Å². The summed E-state index contributed by atoms with van der Waals surface area (Å²) in [6, 6.07) is 10.1. The van der Waals surface area contributed by atoms with E-state index in [1.165, 1.54) is 6.07 Å². The van der Waals surface area contributed by atoms with E-state index < -0.39 is 10.8 Å². The number of amides is 1. The highest BCUT2D eigenvalue weighted by Gasteiger charge is 2.18. The third-order valence-corrected chi connectivity index (χ3v) is 3.93. The molecule has 27 heavy (non-hydrogen) atoms. The summed E-state index contributed by atoms with van der Waals surface area (Å²) in [4.78, 5) is 22.6. The van der Waals surface area contributed by atoms with E-state index in [0.29, 0.717) is 22.8 Å². The van der Waals surface area contributed by atoms with E-state index >= 15 is 0 Å². The Morgan fingerprint density at radius 3 is 2.81 bits per heavy atom. The van der Waals surface area contributed by atoms with Gasteiger partial charge in [-0.05, 0) is 30.3 Å². The maximum absolute atomic E-state index is 12.4. The van der Waals surface area contributed by atoms with Crippen molar-refractivity contribution in [2.45, 2.75) is 0 Å². The van der Waals surface area contributed by atoms with Gasteiger partial charge in [0.05, 0.1) is 16.3 Å². The van der Waals surface area contributed by atoms with Crippen LogP contribution in [0.15, 0.2) is 42.5 Å². The first-order valence-corrected chi connectivity index (χ1v) is 7.75. The Bertz CT molecular complexity index is 1060. The second-order valence-electron chi connectivity index (χ2n) is 5.65.